The highest BCUT2D eigenvalue weighted by Gasteiger charge is 2.14. The van der Waals surface area contributed by atoms with Crippen LogP contribution in [-0.2, 0) is 4.74 Å². The van der Waals surface area contributed by atoms with Crippen molar-refractivity contribution >= 4 is 0 Å². The maximum Gasteiger partial charge on any atom is 0.203 e. The maximum absolute atomic E-state index is 9.75. The minimum absolute atomic E-state index is 0.0791. The molecule has 0 aliphatic rings. The molecule has 5 heteroatoms. The average molecular weight is 270 g/mol. The van der Waals surface area contributed by atoms with E-state index in [2.05, 4.69) is 0 Å². The fraction of sp³-hybridized carbons (Fsp3) is 0.571. The van der Waals surface area contributed by atoms with Crippen LogP contribution in [-0.4, -0.2) is 44.7 Å². The summed E-state index contributed by atoms with van der Waals surface area (Å²) in [7, 11) is 3.11. The monoisotopic (exact) mass is 270 g/mol. The summed E-state index contributed by atoms with van der Waals surface area (Å²) in [6.45, 7) is 4.17. The van der Waals surface area contributed by atoms with E-state index in [1.165, 1.54) is 0 Å². The van der Waals surface area contributed by atoms with Gasteiger partial charge in [-0.15, -0.1) is 0 Å². The molecule has 0 aliphatic carbocycles. The minimum Gasteiger partial charge on any atom is -0.493 e. The first-order valence-electron chi connectivity index (χ1n) is 6.22. The summed E-state index contributed by atoms with van der Waals surface area (Å²) in [6.07, 6.45) is -0.618. The third-order valence-corrected chi connectivity index (χ3v) is 2.42. The van der Waals surface area contributed by atoms with Crippen LogP contribution in [0.15, 0.2) is 18.2 Å². The second kappa shape index (κ2) is 7.86. The number of aliphatic hydroxyl groups excluding tert-OH is 1. The van der Waals surface area contributed by atoms with Gasteiger partial charge in [0.25, 0.3) is 0 Å². The van der Waals surface area contributed by atoms with E-state index in [4.69, 9.17) is 18.9 Å². The van der Waals surface area contributed by atoms with Crippen LogP contribution >= 0.6 is 0 Å². The predicted molar refractivity (Wildman–Crippen MR) is 72.1 cm³/mol. The molecule has 0 heterocycles. The molecule has 0 aromatic heterocycles. The van der Waals surface area contributed by atoms with E-state index in [0.29, 0.717) is 17.2 Å². The molecule has 1 N–H and O–H groups in total. The number of benzene rings is 1. The van der Waals surface area contributed by atoms with E-state index < -0.39 is 6.10 Å². The smallest absolute Gasteiger partial charge is 0.203 e. The quantitative estimate of drug-likeness (QED) is 0.781. The summed E-state index contributed by atoms with van der Waals surface area (Å²) < 4.78 is 21.3. The van der Waals surface area contributed by atoms with Gasteiger partial charge in [0.05, 0.1) is 26.9 Å². The molecule has 0 amide bonds. The normalized spacial score (nSPS) is 12.3. The van der Waals surface area contributed by atoms with E-state index in [1.54, 1.807) is 26.4 Å². The van der Waals surface area contributed by atoms with E-state index >= 15 is 0 Å². The van der Waals surface area contributed by atoms with Crippen molar-refractivity contribution in [2.45, 2.75) is 26.1 Å². The van der Waals surface area contributed by atoms with Gasteiger partial charge in [0, 0.05) is 0 Å². The van der Waals surface area contributed by atoms with Crippen LogP contribution in [0.3, 0.4) is 0 Å². The Balaban J connectivity index is 2.61. The lowest BCUT2D eigenvalue weighted by Crippen LogP contribution is -2.25. The molecule has 1 aromatic rings. The van der Waals surface area contributed by atoms with E-state index in [0.717, 1.165) is 0 Å². The van der Waals surface area contributed by atoms with Crippen molar-refractivity contribution in [3.05, 3.63) is 18.2 Å². The van der Waals surface area contributed by atoms with Crippen LogP contribution in [0.2, 0.25) is 0 Å². The minimum atomic E-state index is -0.697. The Morgan fingerprint density at radius 2 is 1.63 bits per heavy atom. The molecule has 19 heavy (non-hydrogen) atoms. The first-order chi connectivity index (χ1) is 9.08. The molecule has 0 unspecified atom stereocenters. The van der Waals surface area contributed by atoms with Gasteiger partial charge in [-0.05, 0) is 26.0 Å². The molecule has 1 atom stereocenters. The summed E-state index contributed by atoms with van der Waals surface area (Å²) in [6, 6.07) is 5.35. The van der Waals surface area contributed by atoms with Crippen LogP contribution in [0.1, 0.15) is 13.8 Å². The Hall–Kier alpha value is -1.46. The third kappa shape index (κ3) is 4.96. The zero-order valence-corrected chi connectivity index (χ0v) is 11.9. The first-order valence-corrected chi connectivity index (χ1v) is 6.22. The van der Waals surface area contributed by atoms with Gasteiger partial charge in [0.2, 0.25) is 5.75 Å². The fourth-order valence-electron chi connectivity index (χ4n) is 1.49. The second-order valence-electron chi connectivity index (χ2n) is 4.34. The van der Waals surface area contributed by atoms with Gasteiger partial charge < -0.3 is 24.1 Å². The van der Waals surface area contributed by atoms with Crippen LogP contribution in [0, 0.1) is 0 Å². The Bertz CT molecular complexity index is 356. The van der Waals surface area contributed by atoms with Gasteiger partial charge in [-0.2, -0.15) is 0 Å². The van der Waals surface area contributed by atoms with E-state index in [-0.39, 0.29) is 19.3 Å². The molecule has 5 nitrogen and oxygen atoms in total. The molecule has 108 valence electrons. The standard InChI is InChI=1S/C14H22O5/c1-10(2)18-8-11(15)9-19-14-12(16-3)6-5-7-13(14)17-4/h5-7,10-11,15H,8-9H2,1-4H3/t11-/m1/s1. The molecule has 1 rings (SSSR count). The molecule has 1 aromatic carbocycles. The van der Waals surface area contributed by atoms with Crippen molar-refractivity contribution in [2.75, 3.05) is 27.4 Å². The Morgan fingerprint density at radius 3 is 2.11 bits per heavy atom. The number of rotatable bonds is 8. The van der Waals surface area contributed by atoms with Gasteiger partial charge in [-0.3, -0.25) is 0 Å². The summed E-state index contributed by atoms with van der Waals surface area (Å²) in [5.74, 6) is 1.61. The SMILES string of the molecule is COc1cccc(OC)c1OC[C@H](O)COC(C)C. The number of hydrogen-bond acceptors (Lipinski definition) is 5. The van der Waals surface area contributed by atoms with Crippen molar-refractivity contribution in [2.24, 2.45) is 0 Å². The van der Waals surface area contributed by atoms with Gasteiger partial charge in [0.1, 0.15) is 12.7 Å². The lowest BCUT2D eigenvalue weighted by Gasteiger charge is -2.17. The summed E-state index contributed by atoms with van der Waals surface area (Å²) in [4.78, 5) is 0. The predicted octanol–water partition coefficient (Wildman–Crippen LogP) is 1.87. The maximum atomic E-state index is 9.75. The Labute approximate surface area is 114 Å². The molecule has 0 bridgehead atoms. The average Bonchev–Trinajstić information content (AvgIpc) is 2.42. The van der Waals surface area contributed by atoms with Crippen LogP contribution in [0.4, 0.5) is 0 Å². The lowest BCUT2D eigenvalue weighted by molar-refractivity contribution is -0.0129. The zero-order valence-electron chi connectivity index (χ0n) is 11.9. The summed E-state index contributed by atoms with van der Waals surface area (Å²) in [5.41, 5.74) is 0. The van der Waals surface area contributed by atoms with Gasteiger partial charge >= 0.3 is 0 Å². The van der Waals surface area contributed by atoms with Gasteiger partial charge in [-0.1, -0.05) is 6.07 Å². The zero-order chi connectivity index (χ0) is 14.3. The number of ether oxygens (including phenoxy) is 4. The molecule has 0 radical (unpaired) electrons. The highest BCUT2D eigenvalue weighted by Crippen LogP contribution is 2.36. The Morgan fingerprint density at radius 1 is 1.05 bits per heavy atom. The van der Waals surface area contributed by atoms with Crippen molar-refractivity contribution in [1.29, 1.82) is 0 Å². The topological polar surface area (TPSA) is 57.2 Å². The molecule has 0 saturated carbocycles. The second-order valence-corrected chi connectivity index (χ2v) is 4.34. The number of hydrogen-bond donors (Lipinski definition) is 1. The van der Waals surface area contributed by atoms with Crippen molar-refractivity contribution in [1.82, 2.24) is 0 Å². The third-order valence-electron chi connectivity index (χ3n) is 2.42. The lowest BCUT2D eigenvalue weighted by atomic mass is 10.3. The number of aliphatic hydroxyl groups is 1. The largest absolute Gasteiger partial charge is 0.493 e. The summed E-state index contributed by atoms with van der Waals surface area (Å²) >= 11 is 0. The molecular weight excluding hydrogens is 248 g/mol. The number of methoxy groups -OCH3 is 2. The van der Waals surface area contributed by atoms with Crippen LogP contribution in [0.25, 0.3) is 0 Å². The van der Waals surface area contributed by atoms with Crippen molar-refractivity contribution in [3.8, 4) is 17.2 Å². The summed E-state index contributed by atoms with van der Waals surface area (Å²) in [5, 5.41) is 9.75. The van der Waals surface area contributed by atoms with Crippen molar-refractivity contribution < 1.29 is 24.1 Å². The highest BCUT2D eigenvalue weighted by atomic mass is 16.5. The van der Waals surface area contributed by atoms with Gasteiger partial charge in [0.15, 0.2) is 11.5 Å². The molecule has 0 spiro atoms. The molecule has 0 aliphatic heterocycles. The molecule has 0 fully saturated rings. The highest BCUT2D eigenvalue weighted by molar-refractivity contribution is 5.51. The first kappa shape index (κ1) is 15.6. The Kier molecular flexibility index (Phi) is 6.45. The molecule has 0 saturated heterocycles. The fourth-order valence-corrected chi connectivity index (χ4v) is 1.49. The number of para-hydroxylation sites is 1. The van der Waals surface area contributed by atoms with Crippen molar-refractivity contribution in [3.63, 3.8) is 0 Å². The van der Waals surface area contributed by atoms with E-state index in [9.17, 15) is 5.11 Å². The van der Waals surface area contributed by atoms with E-state index in [1.807, 2.05) is 19.9 Å². The van der Waals surface area contributed by atoms with Gasteiger partial charge in [-0.25, -0.2) is 0 Å². The van der Waals surface area contributed by atoms with Crippen LogP contribution in [0.5, 0.6) is 17.2 Å². The van der Waals surface area contributed by atoms with Crippen LogP contribution < -0.4 is 14.2 Å². The molecular formula is C14H22O5.